The molecule has 1 aliphatic rings. The molecule has 100 valence electrons. The monoisotopic (exact) mass is 265 g/mol. The first-order valence-electron chi connectivity index (χ1n) is 6.59. The highest BCUT2D eigenvalue weighted by Gasteiger charge is 2.34. The predicted molar refractivity (Wildman–Crippen MR) is 76.6 cm³/mol. The standard InChI is InChI=1S/C17H15NO2/c1-11-7-8-13(9-12(11)2)10-18-16(19)14-5-3-4-6-15(14)17(18)20/h3-9H,10H2,1-2H3. The van der Waals surface area contributed by atoms with Crippen molar-refractivity contribution < 1.29 is 9.59 Å². The second-order valence-corrected chi connectivity index (χ2v) is 5.16. The van der Waals surface area contributed by atoms with Crippen LogP contribution in [-0.4, -0.2) is 16.7 Å². The van der Waals surface area contributed by atoms with Crippen LogP contribution in [0.2, 0.25) is 0 Å². The summed E-state index contributed by atoms with van der Waals surface area (Å²) in [6.45, 7) is 4.40. The Morgan fingerprint density at radius 3 is 2.00 bits per heavy atom. The second-order valence-electron chi connectivity index (χ2n) is 5.16. The van der Waals surface area contributed by atoms with Gasteiger partial charge in [0.2, 0.25) is 0 Å². The summed E-state index contributed by atoms with van der Waals surface area (Å²) in [5.41, 5.74) is 4.35. The van der Waals surface area contributed by atoms with E-state index in [2.05, 4.69) is 0 Å². The molecule has 3 nitrogen and oxygen atoms in total. The van der Waals surface area contributed by atoms with Crippen molar-refractivity contribution in [1.29, 1.82) is 0 Å². The number of hydrogen-bond donors (Lipinski definition) is 0. The van der Waals surface area contributed by atoms with Crippen molar-refractivity contribution in [1.82, 2.24) is 4.90 Å². The van der Waals surface area contributed by atoms with Gasteiger partial charge >= 0.3 is 0 Å². The molecule has 3 heteroatoms. The molecule has 3 rings (SSSR count). The largest absolute Gasteiger partial charge is 0.270 e. The average Bonchev–Trinajstić information content (AvgIpc) is 2.69. The molecule has 20 heavy (non-hydrogen) atoms. The Morgan fingerprint density at radius 2 is 1.45 bits per heavy atom. The van der Waals surface area contributed by atoms with Crippen molar-refractivity contribution in [3.8, 4) is 0 Å². The number of nitrogens with zero attached hydrogens (tertiary/aromatic N) is 1. The number of fused-ring (bicyclic) bond motifs is 1. The van der Waals surface area contributed by atoms with E-state index >= 15 is 0 Å². The zero-order chi connectivity index (χ0) is 14.3. The molecule has 2 amide bonds. The van der Waals surface area contributed by atoms with Gasteiger partial charge in [-0.2, -0.15) is 0 Å². The van der Waals surface area contributed by atoms with E-state index in [9.17, 15) is 9.59 Å². The van der Waals surface area contributed by atoms with Gasteiger partial charge < -0.3 is 0 Å². The van der Waals surface area contributed by atoms with Crippen molar-refractivity contribution >= 4 is 11.8 Å². The summed E-state index contributed by atoms with van der Waals surface area (Å²) in [6.07, 6.45) is 0. The van der Waals surface area contributed by atoms with Gasteiger partial charge in [0.05, 0.1) is 17.7 Å². The van der Waals surface area contributed by atoms with Crippen LogP contribution in [0.4, 0.5) is 0 Å². The van der Waals surface area contributed by atoms with Crippen LogP contribution in [0.15, 0.2) is 42.5 Å². The Kier molecular flexibility index (Phi) is 2.90. The summed E-state index contributed by atoms with van der Waals surface area (Å²) >= 11 is 0. The SMILES string of the molecule is Cc1ccc(CN2C(=O)c3ccccc3C2=O)cc1C. The predicted octanol–water partition coefficient (Wildman–Crippen LogP) is 3.10. The van der Waals surface area contributed by atoms with E-state index in [-0.39, 0.29) is 11.8 Å². The first kappa shape index (κ1) is 12.6. The van der Waals surface area contributed by atoms with E-state index in [4.69, 9.17) is 0 Å². The number of carbonyl (C=O) groups is 2. The minimum Gasteiger partial charge on any atom is -0.270 e. The van der Waals surface area contributed by atoms with Crippen LogP contribution in [0, 0.1) is 13.8 Å². The van der Waals surface area contributed by atoms with Crippen LogP contribution >= 0.6 is 0 Å². The van der Waals surface area contributed by atoms with E-state index in [1.165, 1.54) is 16.0 Å². The number of amides is 2. The molecule has 1 aliphatic heterocycles. The molecule has 0 fully saturated rings. The Morgan fingerprint density at radius 1 is 0.850 bits per heavy atom. The van der Waals surface area contributed by atoms with Crippen molar-refractivity contribution in [2.24, 2.45) is 0 Å². The molecule has 0 unspecified atom stereocenters. The summed E-state index contributed by atoms with van der Waals surface area (Å²) in [6, 6.07) is 13.0. The number of hydrogen-bond acceptors (Lipinski definition) is 2. The Balaban J connectivity index is 1.91. The molecule has 0 saturated carbocycles. The van der Waals surface area contributed by atoms with Gasteiger partial charge in [-0.3, -0.25) is 14.5 Å². The summed E-state index contributed by atoms with van der Waals surface area (Å²) in [5.74, 6) is -0.410. The van der Waals surface area contributed by atoms with Crippen LogP contribution in [0.3, 0.4) is 0 Å². The molecule has 0 saturated heterocycles. The Bertz CT molecular complexity index is 684. The number of rotatable bonds is 2. The highest BCUT2D eigenvalue weighted by atomic mass is 16.2. The maximum atomic E-state index is 12.3. The summed E-state index contributed by atoms with van der Waals surface area (Å²) in [7, 11) is 0. The molecular formula is C17H15NO2. The smallest absolute Gasteiger partial charge is 0.261 e. The molecule has 0 bridgehead atoms. The van der Waals surface area contributed by atoms with Crippen LogP contribution in [0.1, 0.15) is 37.4 Å². The number of imide groups is 1. The molecule has 0 aromatic heterocycles. The molecule has 2 aromatic rings. The third-order valence-corrected chi connectivity index (χ3v) is 3.79. The number of aryl methyl sites for hydroxylation is 2. The van der Waals surface area contributed by atoms with E-state index < -0.39 is 0 Å². The highest BCUT2D eigenvalue weighted by molar-refractivity contribution is 6.21. The lowest BCUT2D eigenvalue weighted by atomic mass is 10.1. The minimum atomic E-state index is -0.205. The molecule has 0 spiro atoms. The fourth-order valence-electron chi connectivity index (χ4n) is 2.47. The fourth-order valence-corrected chi connectivity index (χ4v) is 2.47. The molecule has 1 heterocycles. The lowest BCUT2D eigenvalue weighted by Crippen LogP contribution is -2.29. The molecule has 0 radical (unpaired) electrons. The van der Waals surface area contributed by atoms with Gasteiger partial charge in [-0.1, -0.05) is 30.3 Å². The topological polar surface area (TPSA) is 37.4 Å². The third-order valence-electron chi connectivity index (χ3n) is 3.79. The molecule has 0 N–H and O–H groups in total. The van der Waals surface area contributed by atoms with Gasteiger partial charge in [-0.15, -0.1) is 0 Å². The van der Waals surface area contributed by atoms with Crippen LogP contribution in [0.25, 0.3) is 0 Å². The Labute approximate surface area is 117 Å². The van der Waals surface area contributed by atoms with Crippen LogP contribution in [0.5, 0.6) is 0 Å². The van der Waals surface area contributed by atoms with Crippen molar-refractivity contribution in [2.45, 2.75) is 20.4 Å². The van der Waals surface area contributed by atoms with Gasteiger partial charge in [-0.25, -0.2) is 0 Å². The van der Waals surface area contributed by atoms with Crippen LogP contribution in [-0.2, 0) is 6.54 Å². The quantitative estimate of drug-likeness (QED) is 0.782. The maximum absolute atomic E-state index is 12.3. The van der Waals surface area contributed by atoms with Crippen molar-refractivity contribution in [3.05, 3.63) is 70.3 Å². The highest BCUT2D eigenvalue weighted by Crippen LogP contribution is 2.24. The lowest BCUT2D eigenvalue weighted by Gasteiger charge is -2.14. The maximum Gasteiger partial charge on any atom is 0.261 e. The molecule has 0 atom stereocenters. The van der Waals surface area contributed by atoms with Crippen LogP contribution < -0.4 is 0 Å². The van der Waals surface area contributed by atoms with Gasteiger partial charge in [-0.05, 0) is 42.7 Å². The first-order valence-corrected chi connectivity index (χ1v) is 6.59. The van der Waals surface area contributed by atoms with E-state index in [1.54, 1.807) is 24.3 Å². The van der Waals surface area contributed by atoms with Gasteiger partial charge in [0.25, 0.3) is 11.8 Å². The molecule has 0 aliphatic carbocycles. The summed E-state index contributed by atoms with van der Waals surface area (Å²) in [4.78, 5) is 25.9. The molecular weight excluding hydrogens is 250 g/mol. The van der Waals surface area contributed by atoms with Crippen molar-refractivity contribution in [2.75, 3.05) is 0 Å². The second kappa shape index (κ2) is 4.60. The molecule has 2 aromatic carbocycles. The summed E-state index contributed by atoms with van der Waals surface area (Å²) in [5, 5.41) is 0. The minimum absolute atomic E-state index is 0.205. The fraction of sp³-hybridized carbons (Fsp3) is 0.176. The zero-order valence-corrected chi connectivity index (χ0v) is 11.5. The normalized spacial score (nSPS) is 13.8. The van der Waals surface area contributed by atoms with E-state index in [0.717, 1.165) is 5.56 Å². The van der Waals surface area contributed by atoms with Gasteiger partial charge in [0.1, 0.15) is 0 Å². The van der Waals surface area contributed by atoms with E-state index in [0.29, 0.717) is 17.7 Å². The van der Waals surface area contributed by atoms with Gasteiger partial charge in [0, 0.05) is 0 Å². The number of benzene rings is 2. The van der Waals surface area contributed by atoms with Gasteiger partial charge in [0.15, 0.2) is 0 Å². The van der Waals surface area contributed by atoms with Crippen molar-refractivity contribution in [3.63, 3.8) is 0 Å². The third kappa shape index (κ3) is 1.92. The zero-order valence-electron chi connectivity index (χ0n) is 11.5. The summed E-state index contributed by atoms with van der Waals surface area (Å²) < 4.78 is 0. The first-order chi connectivity index (χ1) is 9.58. The lowest BCUT2D eigenvalue weighted by molar-refractivity contribution is 0.0642. The Hall–Kier alpha value is -2.42. The van der Waals surface area contributed by atoms with E-state index in [1.807, 2.05) is 32.0 Å². The average molecular weight is 265 g/mol. The number of carbonyl (C=O) groups excluding carboxylic acids is 2.